The number of alkyl carbamates (subject to hydrolysis) is 2. The number of ether oxygens (including phenoxy) is 4. The lowest BCUT2D eigenvalue weighted by Crippen LogP contribution is -2.32. The van der Waals surface area contributed by atoms with Gasteiger partial charge in [0.25, 0.3) is 0 Å². The van der Waals surface area contributed by atoms with Crippen molar-refractivity contribution in [3.8, 4) is 0 Å². The molecule has 0 aromatic heterocycles. The molecule has 10 heteroatoms. The quantitative estimate of drug-likeness (QED) is 0.186. The molecule has 0 saturated heterocycles. The van der Waals surface area contributed by atoms with Gasteiger partial charge in [0.15, 0.2) is 0 Å². The minimum Gasteiger partial charge on any atom is -0.459 e. The van der Waals surface area contributed by atoms with Gasteiger partial charge in [-0.1, -0.05) is 20.1 Å². The molecule has 0 saturated carbocycles. The van der Waals surface area contributed by atoms with Crippen LogP contribution in [0.2, 0.25) is 0 Å². The van der Waals surface area contributed by atoms with E-state index in [1.54, 1.807) is 13.8 Å². The summed E-state index contributed by atoms with van der Waals surface area (Å²) in [7, 11) is 0. The van der Waals surface area contributed by atoms with Crippen molar-refractivity contribution < 1.29 is 38.1 Å². The highest BCUT2D eigenvalue weighted by Gasteiger charge is 2.13. The van der Waals surface area contributed by atoms with E-state index in [0.717, 1.165) is 18.6 Å². The van der Waals surface area contributed by atoms with E-state index in [9.17, 15) is 19.2 Å². The highest BCUT2D eigenvalue weighted by atomic mass is 16.6. The van der Waals surface area contributed by atoms with E-state index in [1.165, 1.54) is 0 Å². The van der Waals surface area contributed by atoms with Gasteiger partial charge in [-0.3, -0.25) is 0 Å². The van der Waals surface area contributed by atoms with E-state index in [4.69, 9.17) is 18.9 Å². The number of esters is 2. The van der Waals surface area contributed by atoms with Gasteiger partial charge in [-0.2, -0.15) is 0 Å². The van der Waals surface area contributed by atoms with Gasteiger partial charge in [0, 0.05) is 25.2 Å². The monoisotopic (exact) mass is 428 g/mol. The normalized spacial score (nSPS) is 13.0. The lowest BCUT2D eigenvalue weighted by Gasteiger charge is -2.16. The third kappa shape index (κ3) is 14.9. The predicted molar refractivity (Wildman–Crippen MR) is 109 cm³/mol. The molecule has 0 aliphatic rings. The van der Waals surface area contributed by atoms with E-state index >= 15 is 0 Å². The highest BCUT2D eigenvalue weighted by Crippen LogP contribution is 2.04. The zero-order valence-electron chi connectivity index (χ0n) is 17.8. The molecule has 0 spiro atoms. The van der Waals surface area contributed by atoms with Crippen molar-refractivity contribution in [2.24, 2.45) is 5.92 Å². The first-order valence-corrected chi connectivity index (χ1v) is 9.65. The molecule has 0 fully saturated rings. The summed E-state index contributed by atoms with van der Waals surface area (Å²) in [5.74, 6) is -1.00. The largest absolute Gasteiger partial charge is 0.459 e. The van der Waals surface area contributed by atoms with Crippen LogP contribution in [0.15, 0.2) is 25.3 Å². The summed E-state index contributed by atoms with van der Waals surface area (Å²) < 4.78 is 19.7. The van der Waals surface area contributed by atoms with Gasteiger partial charge >= 0.3 is 24.1 Å². The van der Waals surface area contributed by atoms with E-state index in [-0.39, 0.29) is 19.1 Å². The lowest BCUT2D eigenvalue weighted by molar-refractivity contribution is -0.144. The molecule has 10 nitrogen and oxygen atoms in total. The van der Waals surface area contributed by atoms with E-state index < -0.39 is 36.3 Å². The van der Waals surface area contributed by atoms with Gasteiger partial charge in [-0.15, -0.1) is 0 Å². The Labute approximate surface area is 176 Å². The van der Waals surface area contributed by atoms with Crippen LogP contribution in [0.25, 0.3) is 0 Å². The third-order valence-electron chi connectivity index (χ3n) is 3.61. The maximum atomic E-state index is 11.6. The average Bonchev–Trinajstić information content (AvgIpc) is 2.71. The first-order valence-electron chi connectivity index (χ1n) is 9.65. The van der Waals surface area contributed by atoms with Crippen LogP contribution in [0, 0.1) is 5.92 Å². The molecule has 30 heavy (non-hydrogen) atoms. The van der Waals surface area contributed by atoms with Crippen molar-refractivity contribution >= 4 is 24.1 Å². The molecule has 2 N–H and O–H groups in total. The van der Waals surface area contributed by atoms with Crippen LogP contribution in [0.5, 0.6) is 0 Å². The minimum absolute atomic E-state index is 0.0491. The second-order valence-electron chi connectivity index (χ2n) is 6.66. The van der Waals surface area contributed by atoms with Crippen LogP contribution in [0.4, 0.5) is 9.59 Å². The molecule has 0 aromatic rings. The van der Waals surface area contributed by atoms with Crippen LogP contribution >= 0.6 is 0 Å². The van der Waals surface area contributed by atoms with Crippen molar-refractivity contribution in [2.75, 3.05) is 26.3 Å². The van der Waals surface area contributed by atoms with Crippen molar-refractivity contribution in [2.45, 2.75) is 45.8 Å². The van der Waals surface area contributed by atoms with E-state index in [1.807, 2.05) is 6.92 Å². The molecule has 0 aliphatic heterocycles. The van der Waals surface area contributed by atoms with E-state index in [0.29, 0.717) is 19.5 Å². The molecule has 2 amide bonds. The van der Waals surface area contributed by atoms with Gasteiger partial charge < -0.3 is 29.6 Å². The predicted octanol–water partition coefficient (Wildman–Crippen LogP) is 2.09. The summed E-state index contributed by atoms with van der Waals surface area (Å²) in [5, 5.41) is 5.23. The summed E-state index contributed by atoms with van der Waals surface area (Å²) in [6.45, 7) is 12.4. The fourth-order valence-electron chi connectivity index (χ4n) is 2.04. The summed E-state index contributed by atoms with van der Waals surface area (Å²) in [5.41, 5.74) is 0. The molecular formula is C20H32N2O8. The summed E-state index contributed by atoms with van der Waals surface area (Å²) >= 11 is 0. The molecule has 0 radical (unpaired) electrons. The molecule has 0 bridgehead atoms. The maximum absolute atomic E-state index is 11.6. The number of amides is 2. The maximum Gasteiger partial charge on any atom is 0.407 e. The Hall–Kier alpha value is -3.04. The standard InChI is InChI=1S/C20H32N2O8/c1-6-17(23)27-12-16(5)30-20(26)21-10-8-9-14(3)11-22-19(25)28-13-15(4)29-18(24)7-2/h6-7,14-16H,1-2,8-13H2,3-5H3,(H,21,26)(H,22,25). The summed E-state index contributed by atoms with van der Waals surface area (Å²) in [6.07, 6.45) is 1.15. The Balaban J connectivity index is 3.80. The van der Waals surface area contributed by atoms with Crippen molar-refractivity contribution in [3.05, 3.63) is 25.3 Å². The zero-order chi connectivity index (χ0) is 22.9. The molecule has 3 atom stereocenters. The Bertz CT molecular complexity index is 593. The number of carbonyl (C=O) groups excluding carboxylic acids is 4. The molecule has 0 rings (SSSR count). The number of hydrogen-bond acceptors (Lipinski definition) is 8. The van der Waals surface area contributed by atoms with Crippen molar-refractivity contribution in [3.63, 3.8) is 0 Å². The number of carbonyl (C=O) groups is 4. The smallest absolute Gasteiger partial charge is 0.407 e. The van der Waals surface area contributed by atoms with Gasteiger partial charge in [0.2, 0.25) is 0 Å². The number of nitrogens with one attached hydrogen (secondary N) is 2. The van der Waals surface area contributed by atoms with Crippen LogP contribution in [-0.4, -0.2) is 62.6 Å². The van der Waals surface area contributed by atoms with Crippen LogP contribution in [0.1, 0.15) is 33.6 Å². The second-order valence-corrected chi connectivity index (χ2v) is 6.66. The fourth-order valence-corrected chi connectivity index (χ4v) is 2.04. The number of hydrogen-bond donors (Lipinski definition) is 2. The molecule has 0 heterocycles. The van der Waals surface area contributed by atoms with Crippen molar-refractivity contribution in [1.82, 2.24) is 10.6 Å². The third-order valence-corrected chi connectivity index (χ3v) is 3.61. The Morgan fingerprint density at radius 3 is 2.07 bits per heavy atom. The average molecular weight is 428 g/mol. The van der Waals surface area contributed by atoms with Gasteiger partial charge in [0.1, 0.15) is 25.4 Å². The highest BCUT2D eigenvalue weighted by molar-refractivity contribution is 5.81. The van der Waals surface area contributed by atoms with E-state index in [2.05, 4.69) is 23.8 Å². The van der Waals surface area contributed by atoms with Gasteiger partial charge in [-0.05, 0) is 32.6 Å². The minimum atomic E-state index is -0.601. The summed E-state index contributed by atoms with van der Waals surface area (Å²) in [4.78, 5) is 45.2. The fraction of sp³-hybridized carbons (Fsp3) is 0.600. The second kappa shape index (κ2) is 15.8. The SMILES string of the molecule is C=CC(=O)OCC(C)OC(=O)NCCCC(C)CNC(=O)OCC(C)OC(=O)C=C. The first-order chi connectivity index (χ1) is 14.2. The lowest BCUT2D eigenvalue weighted by atomic mass is 10.1. The van der Waals surface area contributed by atoms with Crippen LogP contribution < -0.4 is 10.6 Å². The molecule has 0 aliphatic carbocycles. The van der Waals surface area contributed by atoms with Gasteiger partial charge in [0.05, 0.1) is 0 Å². The van der Waals surface area contributed by atoms with Crippen LogP contribution in [-0.2, 0) is 28.5 Å². The Morgan fingerprint density at radius 2 is 1.43 bits per heavy atom. The number of rotatable bonds is 14. The van der Waals surface area contributed by atoms with Crippen LogP contribution in [0.3, 0.4) is 0 Å². The Kier molecular flexibility index (Phi) is 14.2. The summed E-state index contributed by atoms with van der Waals surface area (Å²) in [6, 6.07) is 0. The first kappa shape index (κ1) is 27.0. The topological polar surface area (TPSA) is 129 Å². The molecular weight excluding hydrogens is 396 g/mol. The Morgan fingerprint density at radius 1 is 0.833 bits per heavy atom. The molecule has 170 valence electrons. The van der Waals surface area contributed by atoms with Crippen molar-refractivity contribution in [1.29, 1.82) is 0 Å². The van der Waals surface area contributed by atoms with Gasteiger partial charge in [-0.25, -0.2) is 19.2 Å². The molecule has 0 aromatic carbocycles. The molecule has 3 unspecified atom stereocenters. The zero-order valence-corrected chi connectivity index (χ0v) is 17.8.